The molecule has 0 fully saturated rings. The molecule has 0 aliphatic carbocycles. The number of carbonyl (C=O) groups is 1. The van der Waals surface area contributed by atoms with Gasteiger partial charge in [-0.25, -0.2) is 9.78 Å². The number of carbonyl (C=O) groups excluding carboxylic acids is 1. The number of rotatable bonds is 5. The highest BCUT2D eigenvalue weighted by molar-refractivity contribution is 7.15. The third-order valence-electron chi connectivity index (χ3n) is 2.62. The first-order valence-electron chi connectivity index (χ1n) is 6.38. The molecule has 0 saturated carbocycles. The molecule has 1 atom stereocenters. The zero-order valence-electron chi connectivity index (χ0n) is 11.6. The summed E-state index contributed by atoms with van der Waals surface area (Å²) >= 11 is 3.05. The monoisotopic (exact) mass is 311 g/mol. The van der Waals surface area contributed by atoms with E-state index in [1.807, 2.05) is 27.0 Å². The van der Waals surface area contributed by atoms with Crippen LogP contribution in [-0.2, 0) is 6.42 Å². The van der Waals surface area contributed by atoms with E-state index in [1.165, 1.54) is 16.2 Å². The summed E-state index contributed by atoms with van der Waals surface area (Å²) in [5.41, 5.74) is 0. The molecule has 108 valence electrons. The third kappa shape index (κ3) is 3.97. The number of hydrogen-bond donors (Lipinski definition) is 2. The van der Waals surface area contributed by atoms with Crippen molar-refractivity contribution in [3.05, 3.63) is 21.1 Å². The molecular weight excluding hydrogens is 294 g/mol. The Morgan fingerprint density at radius 3 is 2.80 bits per heavy atom. The Hall–Kier alpha value is -1.54. The van der Waals surface area contributed by atoms with Crippen LogP contribution in [0.5, 0.6) is 0 Å². The Labute approximate surface area is 125 Å². The van der Waals surface area contributed by atoms with E-state index in [0.29, 0.717) is 11.7 Å². The summed E-state index contributed by atoms with van der Waals surface area (Å²) in [5, 5.41) is 15.8. The first-order valence-corrected chi connectivity index (χ1v) is 8.01. The molecule has 0 bridgehead atoms. The van der Waals surface area contributed by atoms with Crippen molar-refractivity contribution in [1.29, 1.82) is 0 Å². The average Bonchev–Trinajstić information content (AvgIpc) is 3.05. The molecule has 2 rings (SSSR count). The maximum atomic E-state index is 11.8. The Bertz CT molecular complexity index is 580. The molecule has 2 N–H and O–H groups in total. The van der Waals surface area contributed by atoms with Crippen LogP contribution in [0.25, 0.3) is 0 Å². The number of hydrogen-bond acceptors (Lipinski definition) is 6. The first-order chi connectivity index (χ1) is 9.58. The van der Waals surface area contributed by atoms with Gasteiger partial charge in [0.1, 0.15) is 5.01 Å². The smallest absolute Gasteiger partial charge is 0.321 e. The minimum absolute atomic E-state index is 0.195. The molecular formula is C12H17N5OS2. The molecule has 20 heavy (non-hydrogen) atoms. The fraction of sp³-hybridized carbons (Fsp3) is 0.500. The molecule has 8 heteroatoms. The predicted octanol–water partition coefficient (Wildman–Crippen LogP) is 2.79. The summed E-state index contributed by atoms with van der Waals surface area (Å²) in [6.07, 6.45) is 2.67. The largest absolute Gasteiger partial charge is 0.337 e. The van der Waals surface area contributed by atoms with Crippen LogP contribution in [0.3, 0.4) is 0 Å². The van der Waals surface area contributed by atoms with Crippen molar-refractivity contribution in [3.63, 3.8) is 0 Å². The van der Waals surface area contributed by atoms with Crippen LogP contribution in [-0.4, -0.2) is 27.8 Å². The molecule has 0 unspecified atom stereocenters. The van der Waals surface area contributed by atoms with E-state index in [0.717, 1.165) is 16.4 Å². The minimum Gasteiger partial charge on any atom is -0.337 e. The number of aromatic nitrogens is 3. The van der Waals surface area contributed by atoms with Crippen LogP contribution in [0.1, 0.15) is 34.7 Å². The summed E-state index contributed by atoms with van der Waals surface area (Å²) in [7, 11) is 0. The fourth-order valence-corrected chi connectivity index (χ4v) is 3.02. The van der Waals surface area contributed by atoms with E-state index in [1.54, 1.807) is 11.3 Å². The Morgan fingerprint density at radius 2 is 2.20 bits per heavy atom. The van der Waals surface area contributed by atoms with Gasteiger partial charge in [0, 0.05) is 23.5 Å². The number of nitrogens with zero attached hydrogens (tertiary/aromatic N) is 3. The second-order valence-corrected chi connectivity index (χ2v) is 6.73. The third-order valence-corrected chi connectivity index (χ3v) is 4.75. The maximum Gasteiger partial charge on any atom is 0.321 e. The average molecular weight is 311 g/mol. The lowest BCUT2D eigenvalue weighted by atomic mass is 10.2. The summed E-state index contributed by atoms with van der Waals surface area (Å²) in [6.45, 7) is 6.60. The van der Waals surface area contributed by atoms with Gasteiger partial charge in [-0.05, 0) is 13.3 Å². The molecule has 6 nitrogen and oxygen atoms in total. The SMILES string of the molecule is CCc1nnc(NC(=O)NC[C@H](C)c2ncc(C)s2)s1. The quantitative estimate of drug-likeness (QED) is 0.890. The number of nitrogens with one attached hydrogen (secondary N) is 2. The first kappa shape index (κ1) is 14.9. The zero-order chi connectivity index (χ0) is 14.5. The molecule has 2 aromatic rings. The lowest BCUT2D eigenvalue weighted by Crippen LogP contribution is -2.31. The molecule has 2 amide bonds. The van der Waals surface area contributed by atoms with Crippen LogP contribution in [0.2, 0.25) is 0 Å². The number of thiazole rings is 1. The number of aryl methyl sites for hydroxylation is 2. The van der Waals surface area contributed by atoms with E-state index >= 15 is 0 Å². The Kier molecular flexibility index (Phi) is 5.02. The van der Waals surface area contributed by atoms with E-state index in [2.05, 4.69) is 25.8 Å². The molecule has 0 radical (unpaired) electrons. The van der Waals surface area contributed by atoms with Crippen LogP contribution in [0.4, 0.5) is 9.93 Å². The predicted molar refractivity (Wildman–Crippen MR) is 81.6 cm³/mol. The number of amides is 2. The zero-order valence-corrected chi connectivity index (χ0v) is 13.3. The highest BCUT2D eigenvalue weighted by atomic mass is 32.1. The summed E-state index contributed by atoms with van der Waals surface area (Å²) < 4.78 is 0. The van der Waals surface area contributed by atoms with Crippen LogP contribution >= 0.6 is 22.7 Å². The normalized spacial score (nSPS) is 12.2. The summed E-state index contributed by atoms with van der Waals surface area (Å²) in [6, 6.07) is -0.260. The fourth-order valence-electron chi connectivity index (χ4n) is 1.52. The summed E-state index contributed by atoms with van der Waals surface area (Å²) in [4.78, 5) is 17.2. The van der Waals surface area contributed by atoms with Crippen molar-refractivity contribution in [2.24, 2.45) is 0 Å². The molecule has 0 aromatic carbocycles. The van der Waals surface area contributed by atoms with Gasteiger partial charge >= 0.3 is 6.03 Å². The van der Waals surface area contributed by atoms with Gasteiger partial charge in [-0.3, -0.25) is 5.32 Å². The Morgan fingerprint density at radius 1 is 1.40 bits per heavy atom. The minimum atomic E-state index is -0.260. The van der Waals surface area contributed by atoms with Gasteiger partial charge in [-0.15, -0.1) is 21.5 Å². The molecule has 2 aromatic heterocycles. The summed E-state index contributed by atoms with van der Waals surface area (Å²) in [5.74, 6) is 0.195. The lowest BCUT2D eigenvalue weighted by molar-refractivity contribution is 0.251. The van der Waals surface area contributed by atoms with Gasteiger partial charge in [0.2, 0.25) is 5.13 Å². The number of urea groups is 1. The van der Waals surface area contributed by atoms with Crippen molar-refractivity contribution in [3.8, 4) is 0 Å². The van der Waals surface area contributed by atoms with Crippen molar-refractivity contribution >= 4 is 33.8 Å². The highest BCUT2D eigenvalue weighted by Crippen LogP contribution is 2.20. The van der Waals surface area contributed by atoms with Crippen molar-refractivity contribution in [1.82, 2.24) is 20.5 Å². The van der Waals surface area contributed by atoms with Gasteiger partial charge in [-0.2, -0.15) is 0 Å². The van der Waals surface area contributed by atoms with Crippen LogP contribution in [0.15, 0.2) is 6.20 Å². The van der Waals surface area contributed by atoms with Gasteiger partial charge in [-0.1, -0.05) is 25.2 Å². The van der Waals surface area contributed by atoms with Crippen molar-refractivity contribution in [2.75, 3.05) is 11.9 Å². The molecule has 0 spiro atoms. The van der Waals surface area contributed by atoms with Gasteiger partial charge in [0.05, 0.1) is 5.01 Å². The molecule has 0 saturated heterocycles. The standard InChI is InChI=1S/C12H17N5OS2/c1-4-9-16-17-12(20-9)15-11(18)14-5-7(2)10-13-6-8(3)19-10/h6-7H,4-5H2,1-3H3,(H2,14,15,17,18)/t7-/m0/s1. The lowest BCUT2D eigenvalue weighted by Gasteiger charge is -2.09. The molecule has 0 aliphatic heterocycles. The van der Waals surface area contributed by atoms with Gasteiger partial charge < -0.3 is 5.32 Å². The van der Waals surface area contributed by atoms with E-state index in [9.17, 15) is 4.79 Å². The molecule has 0 aliphatic rings. The Balaban J connectivity index is 1.80. The second-order valence-electron chi connectivity index (χ2n) is 4.40. The highest BCUT2D eigenvalue weighted by Gasteiger charge is 2.12. The van der Waals surface area contributed by atoms with E-state index < -0.39 is 0 Å². The van der Waals surface area contributed by atoms with E-state index in [-0.39, 0.29) is 11.9 Å². The van der Waals surface area contributed by atoms with E-state index in [4.69, 9.17) is 0 Å². The number of anilines is 1. The maximum absolute atomic E-state index is 11.8. The van der Waals surface area contributed by atoms with Crippen molar-refractivity contribution < 1.29 is 4.79 Å². The molecule has 2 heterocycles. The van der Waals surface area contributed by atoms with Crippen molar-refractivity contribution in [2.45, 2.75) is 33.1 Å². The van der Waals surface area contributed by atoms with Gasteiger partial charge in [0.15, 0.2) is 0 Å². The second kappa shape index (κ2) is 6.76. The van der Waals surface area contributed by atoms with Gasteiger partial charge in [0.25, 0.3) is 0 Å². The van der Waals surface area contributed by atoms with Crippen LogP contribution in [0, 0.1) is 6.92 Å². The topological polar surface area (TPSA) is 79.8 Å². The van der Waals surface area contributed by atoms with Crippen LogP contribution < -0.4 is 10.6 Å².